The number of rotatable bonds is 12. The molecule has 0 bridgehead atoms. The van der Waals surface area contributed by atoms with Crippen LogP contribution in [-0.2, 0) is 25.7 Å². The van der Waals surface area contributed by atoms with Crippen molar-refractivity contribution >= 4 is 0 Å². The third-order valence-electron chi connectivity index (χ3n) is 16.1. The zero-order valence-electron chi connectivity index (χ0n) is 51.7. The van der Waals surface area contributed by atoms with Crippen molar-refractivity contribution in [3.63, 3.8) is 0 Å². The van der Waals surface area contributed by atoms with E-state index in [2.05, 4.69) is 125 Å². The molecule has 0 aliphatic heterocycles. The third-order valence-corrected chi connectivity index (χ3v) is 16.1. The Morgan fingerprint density at radius 2 is 0.337 bits per heavy atom. The van der Waals surface area contributed by atoms with Gasteiger partial charge in [0.2, 0.25) is 0 Å². The SMILES string of the molecule is C.CCc1ccc(-c2ccc(-c3ccc(C)cc3)c(F)c2)cc1.CCc1ccc(-c2ccc(-c3ccc(C)cc3)c(F)c2)cc1.CCc1ccc(-c2ccc(-c3ccc(C)cc3)c(F)c2)cc1.CCc1ccc(-c2ccc(-c3ccc(C)cc3)c(F)c2)cc1. The predicted molar refractivity (Wildman–Crippen MR) is 372 cm³/mol. The maximum absolute atomic E-state index is 14.5. The van der Waals surface area contributed by atoms with E-state index in [4.69, 9.17) is 0 Å². The molecule has 0 N–H and O–H groups in total. The molecule has 448 valence electrons. The van der Waals surface area contributed by atoms with Crippen LogP contribution in [0.4, 0.5) is 17.6 Å². The van der Waals surface area contributed by atoms with Crippen LogP contribution in [0.5, 0.6) is 0 Å². The van der Waals surface area contributed by atoms with E-state index in [1.807, 2.05) is 173 Å². The first kappa shape index (κ1) is 65.3. The fourth-order valence-electron chi connectivity index (χ4n) is 10.4. The van der Waals surface area contributed by atoms with Crippen LogP contribution in [0.3, 0.4) is 0 Å². The van der Waals surface area contributed by atoms with Gasteiger partial charge in [-0.15, -0.1) is 0 Å². The molecule has 12 aromatic rings. The van der Waals surface area contributed by atoms with Gasteiger partial charge in [-0.2, -0.15) is 0 Å². The summed E-state index contributed by atoms with van der Waals surface area (Å²) in [5, 5.41) is 0. The number of aryl methyl sites for hydroxylation is 8. The maximum Gasteiger partial charge on any atom is 0.131 e. The van der Waals surface area contributed by atoms with Crippen molar-refractivity contribution in [3.8, 4) is 89.0 Å². The van der Waals surface area contributed by atoms with Crippen LogP contribution in [0.2, 0.25) is 0 Å². The Morgan fingerprint density at radius 3 is 0.483 bits per heavy atom. The molecule has 4 heteroatoms. The van der Waals surface area contributed by atoms with Crippen molar-refractivity contribution < 1.29 is 17.6 Å². The van der Waals surface area contributed by atoms with Crippen LogP contribution in [0.15, 0.2) is 267 Å². The second kappa shape index (κ2) is 31.3. The molecule has 0 saturated heterocycles. The lowest BCUT2D eigenvalue weighted by Gasteiger charge is -2.08. The Kier molecular flexibility index (Phi) is 23.0. The van der Waals surface area contributed by atoms with E-state index in [0.29, 0.717) is 22.3 Å². The molecule has 0 radical (unpaired) electrons. The Hall–Kier alpha value is -9.64. The van der Waals surface area contributed by atoms with Gasteiger partial charge in [0.05, 0.1) is 0 Å². The summed E-state index contributed by atoms with van der Waals surface area (Å²) in [6.45, 7) is 16.6. The highest BCUT2D eigenvalue weighted by atomic mass is 19.1. The molecule has 89 heavy (non-hydrogen) atoms. The van der Waals surface area contributed by atoms with E-state index in [0.717, 1.165) is 92.4 Å². The zero-order chi connectivity index (χ0) is 62.1. The summed E-state index contributed by atoms with van der Waals surface area (Å²) in [6.07, 6.45) is 4.06. The van der Waals surface area contributed by atoms with Crippen LogP contribution < -0.4 is 0 Å². The highest BCUT2D eigenvalue weighted by Crippen LogP contribution is 2.33. The van der Waals surface area contributed by atoms with Gasteiger partial charge in [-0.25, -0.2) is 17.6 Å². The normalized spacial score (nSPS) is 10.6. The summed E-state index contributed by atoms with van der Waals surface area (Å²) >= 11 is 0. The lowest BCUT2D eigenvalue weighted by Crippen LogP contribution is -1.87. The monoisotopic (exact) mass is 1180 g/mol. The van der Waals surface area contributed by atoms with Gasteiger partial charge in [-0.3, -0.25) is 0 Å². The van der Waals surface area contributed by atoms with E-state index in [9.17, 15) is 17.6 Å². The van der Waals surface area contributed by atoms with Gasteiger partial charge in [0.1, 0.15) is 23.3 Å². The smallest absolute Gasteiger partial charge is 0.131 e. The number of benzene rings is 12. The first-order valence-corrected chi connectivity index (χ1v) is 30.5. The van der Waals surface area contributed by atoms with Crippen molar-refractivity contribution in [2.45, 2.75) is 88.5 Å². The van der Waals surface area contributed by atoms with E-state index < -0.39 is 0 Å². The molecule has 0 amide bonds. The highest BCUT2D eigenvalue weighted by Gasteiger charge is 2.12. The van der Waals surface area contributed by atoms with Crippen molar-refractivity contribution in [1.82, 2.24) is 0 Å². The van der Waals surface area contributed by atoms with Gasteiger partial charge in [-0.05, 0) is 167 Å². The average molecular weight is 1180 g/mol. The minimum absolute atomic E-state index is 0. The van der Waals surface area contributed by atoms with Gasteiger partial charge in [0.25, 0.3) is 0 Å². The minimum Gasteiger partial charge on any atom is -0.206 e. The standard InChI is InChI=1S/4C21H19F.CH4/c4*1-3-16-6-10-17(11-7-16)19-12-13-20(21(22)14-19)18-8-4-15(2)5-9-18;/h4*4-14H,3H2,1-2H3;1H4. The molecule has 0 unspecified atom stereocenters. The van der Waals surface area contributed by atoms with Crippen molar-refractivity contribution in [1.29, 1.82) is 0 Å². The summed E-state index contributed by atoms with van der Waals surface area (Å²) < 4.78 is 57.9. The quantitative estimate of drug-likeness (QED) is 0.107. The molecule has 12 rings (SSSR count). The van der Waals surface area contributed by atoms with Gasteiger partial charge in [-0.1, -0.05) is 300 Å². The first-order chi connectivity index (χ1) is 42.7. The van der Waals surface area contributed by atoms with Gasteiger partial charge in [0.15, 0.2) is 0 Å². The largest absolute Gasteiger partial charge is 0.206 e. The second-order valence-electron chi connectivity index (χ2n) is 22.4. The Bertz CT molecular complexity index is 3630. The van der Waals surface area contributed by atoms with E-state index in [-0.39, 0.29) is 30.7 Å². The molecule has 12 aromatic carbocycles. The summed E-state index contributed by atoms with van der Waals surface area (Å²) in [5.74, 6) is -0.719. The van der Waals surface area contributed by atoms with Crippen LogP contribution in [-0.4, -0.2) is 0 Å². The van der Waals surface area contributed by atoms with Gasteiger partial charge in [0, 0.05) is 22.3 Å². The average Bonchev–Trinajstić information content (AvgIpc) is 3.75. The number of hydrogen-bond donors (Lipinski definition) is 0. The van der Waals surface area contributed by atoms with Crippen molar-refractivity contribution in [2.75, 3.05) is 0 Å². The molecule has 0 atom stereocenters. The van der Waals surface area contributed by atoms with Crippen LogP contribution in [0.25, 0.3) is 89.0 Å². The summed E-state index contributed by atoms with van der Waals surface area (Å²) in [7, 11) is 0. The van der Waals surface area contributed by atoms with E-state index in [1.165, 1.54) is 44.5 Å². The maximum atomic E-state index is 14.5. The molecule has 0 heterocycles. The third kappa shape index (κ3) is 17.3. The molecule has 0 nitrogen and oxygen atoms in total. The minimum atomic E-state index is -0.180. The molecular weight excluding hydrogens is 1100 g/mol. The predicted octanol–water partition coefficient (Wildman–Crippen LogP) is 24.8. The first-order valence-electron chi connectivity index (χ1n) is 30.5. The van der Waals surface area contributed by atoms with E-state index in [1.54, 1.807) is 24.3 Å². The summed E-state index contributed by atoms with van der Waals surface area (Å²) in [4.78, 5) is 0. The van der Waals surface area contributed by atoms with Crippen molar-refractivity contribution in [3.05, 3.63) is 335 Å². The Balaban J connectivity index is 0.000000153. The van der Waals surface area contributed by atoms with Crippen LogP contribution >= 0.6 is 0 Å². The summed E-state index contributed by atoms with van der Waals surface area (Å²) in [5.41, 5.74) is 24.0. The zero-order valence-corrected chi connectivity index (χ0v) is 51.7. The lowest BCUT2D eigenvalue weighted by atomic mass is 9.98. The van der Waals surface area contributed by atoms with E-state index >= 15 is 0 Å². The molecule has 0 fully saturated rings. The number of hydrogen-bond acceptors (Lipinski definition) is 0. The molecule has 0 aromatic heterocycles. The Labute approximate surface area is 526 Å². The Morgan fingerprint density at radius 1 is 0.191 bits per heavy atom. The van der Waals surface area contributed by atoms with Gasteiger partial charge < -0.3 is 0 Å². The fraction of sp³-hybridized carbons (Fsp3) is 0.153. The highest BCUT2D eigenvalue weighted by molar-refractivity contribution is 5.75. The molecule has 0 aliphatic carbocycles. The van der Waals surface area contributed by atoms with Gasteiger partial charge >= 0.3 is 0 Å². The second-order valence-corrected chi connectivity index (χ2v) is 22.4. The molecule has 0 saturated carbocycles. The molecule has 0 aliphatic rings. The van der Waals surface area contributed by atoms with Crippen molar-refractivity contribution in [2.24, 2.45) is 0 Å². The topological polar surface area (TPSA) is 0 Å². The fourth-order valence-corrected chi connectivity index (χ4v) is 10.4. The molecule has 0 spiro atoms. The summed E-state index contributed by atoms with van der Waals surface area (Å²) in [6, 6.07) is 86.9. The lowest BCUT2D eigenvalue weighted by molar-refractivity contribution is 0.631. The molecular formula is C85H80F4. The van der Waals surface area contributed by atoms with Crippen LogP contribution in [0, 0.1) is 51.0 Å². The van der Waals surface area contributed by atoms with Crippen LogP contribution in [0.1, 0.15) is 79.6 Å². The number of halogens is 4.